The van der Waals surface area contributed by atoms with E-state index >= 15 is 0 Å². The fourth-order valence-electron chi connectivity index (χ4n) is 4.09. The normalized spacial score (nSPS) is 11.8. The number of hydrogen-bond donors (Lipinski definition) is 1. The highest BCUT2D eigenvalue weighted by Crippen LogP contribution is 2.26. The van der Waals surface area contributed by atoms with Crippen molar-refractivity contribution >= 4 is 50.0 Å². The van der Waals surface area contributed by atoms with Crippen LogP contribution in [0.3, 0.4) is 0 Å². The van der Waals surface area contributed by atoms with Gasteiger partial charge in [-0.15, -0.1) is 0 Å². The Morgan fingerprint density at radius 1 is 1.03 bits per heavy atom. The molecule has 36 heavy (non-hydrogen) atoms. The van der Waals surface area contributed by atoms with E-state index in [0.29, 0.717) is 29.2 Å². The van der Waals surface area contributed by atoms with E-state index in [1.807, 2.05) is 83.4 Å². The lowest BCUT2D eigenvalue weighted by molar-refractivity contribution is -0.114. The Labute approximate surface area is 211 Å². The van der Waals surface area contributed by atoms with Crippen LogP contribution in [0.4, 0.5) is 5.69 Å². The maximum absolute atomic E-state index is 13.6. The summed E-state index contributed by atoms with van der Waals surface area (Å²) in [5, 5.41) is 3.56. The molecule has 0 radical (unpaired) electrons. The molecule has 8 heteroatoms. The topological polar surface area (TPSA) is 85.6 Å². The largest absolute Gasteiger partial charge is 0.383 e. The molecule has 0 spiro atoms. The third-order valence-electron chi connectivity index (χ3n) is 5.74. The van der Waals surface area contributed by atoms with Gasteiger partial charge in [0.1, 0.15) is 0 Å². The Morgan fingerprint density at radius 2 is 1.81 bits per heavy atom. The Kier molecular flexibility index (Phi) is 6.71. The Morgan fingerprint density at radius 3 is 2.58 bits per heavy atom. The van der Waals surface area contributed by atoms with Crippen LogP contribution in [0.5, 0.6) is 0 Å². The second-order valence-electron chi connectivity index (χ2n) is 8.25. The van der Waals surface area contributed by atoms with Gasteiger partial charge in [0.15, 0.2) is 4.80 Å². The monoisotopic (exact) mass is 496 g/mol. The van der Waals surface area contributed by atoms with Crippen LogP contribution in [0.2, 0.25) is 0 Å². The number of fused-ring (bicyclic) bond motifs is 2. The number of rotatable bonds is 6. The van der Waals surface area contributed by atoms with Gasteiger partial charge in [-0.05, 0) is 30.3 Å². The van der Waals surface area contributed by atoms with Crippen LogP contribution >= 0.6 is 11.3 Å². The van der Waals surface area contributed by atoms with E-state index in [9.17, 15) is 9.59 Å². The number of pyridine rings is 1. The molecule has 180 valence electrons. The molecule has 0 saturated carbocycles. The van der Waals surface area contributed by atoms with Crippen molar-refractivity contribution in [2.24, 2.45) is 4.99 Å². The first-order valence-electron chi connectivity index (χ1n) is 11.5. The zero-order valence-corrected chi connectivity index (χ0v) is 20.7. The van der Waals surface area contributed by atoms with Gasteiger partial charge in [0.2, 0.25) is 5.91 Å². The van der Waals surface area contributed by atoms with Crippen LogP contribution in [0.25, 0.3) is 32.4 Å². The molecule has 0 bridgehead atoms. The van der Waals surface area contributed by atoms with E-state index in [-0.39, 0.29) is 11.8 Å². The molecule has 5 rings (SSSR count). The predicted octanol–water partition coefficient (Wildman–Crippen LogP) is 5.26. The third-order valence-corrected chi connectivity index (χ3v) is 6.78. The molecule has 3 aromatic carbocycles. The molecule has 2 aromatic heterocycles. The Balaban J connectivity index is 1.66. The molecule has 0 atom stereocenters. The van der Waals surface area contributed by atoms with Crippen LogP contribution < -0.4 is 10.1 Å². The Hall–Kier alpha value is -4.14. The molecule has 0 saturated heterocycles. The minimum atomic E-state index is -0.342. The average Bonchev–Trinajstić information content (AvgIpc) is 3.22. The second kappa shape index (κ2) is 10.2. The minimum Gasteiger partial charge on any atom is -0.383 e. The molecule has 2 amide bonds. The predicted molar refractivity (Wildman–Crippen MR) is 143 cm³/mol. The maximum Gasteiger partial charge on any atom is 0.280 e. The van der Waals surface area contributed by atoms with Crippen molar-refractivity contribution in [1.29, 1.82) is 0 Å². The van der Waals surface area contributed by atoms with Gasteiger partial charge < -0.3 is 14.6 Å². The molecule has 5 aromatic rings. The van der Waals surface area contributed by atoms with Crippen molar-refractivity contribution in [3.05, 3.63) is 89.2 Å². The standard InChI is InChI=1S/C28H24N4O3S/c1-18(33)29-20-12-13-25-26(16-20)36-28(32(25)14-15-35-2)31-27(34)22-17-24(19-8-4-3-5-9-19)30-23-11-7-6-10-21(22)23/h3-13,16-17H,14-15H2,1-2H3,(H,29,33). The summed E-state index contributed by atoms with van der Waals surface area (Å²) in [5.74, 6) is -0.484. The quantitative estimate of drug-likeness (QED) is 0.347. The lowest BCUT2D eigenvalue weighted by atomic mass is 10.0. The van der Waals surface area contributed by atoms with E-state index in [2.05, 4.69) is 10.3 Å². The van der Waals surface area contributed by atoms with E-state index in [0.717, 1.165) is 32.4 Å². The first-order valence-corrected chi connectivity index (χ1v) is 12.3. The lowest BCUT2D eigenvalue weighted by Crippen LogP contribution is -2.19. The molecule has 7 nitrogen and oxygen atoms in total. The lowest BCUT2D eigenvalue weighted by Gasteiger charge is -2.08. The van der Waals surface area contributed by atoms with E-state index in [1.54, 1.807) is 7.11 Å². The SMILES string of the molecule is COCCn1c(=NC(=O)c2cc(-c3ccccc3)nc3ccccc23)sc2cc(NC(C)=O)ccc21. The van der Waals surface area contributed by atoms with Crippen molar-refractivity contribution < 1.29 is 14.3 Å². The maximum atomic E-state index is 13.6. The highest BCUT2D eigenvalue weighted by atomic mass is 32.1. The molecular weight excluding hydrogens is 472 g/mol. The summed E-state index contributed by atoms with van der Waals surface area (Å²) in [6.07, 6.45) is 0. The fourth-order valence-corrected chi connectivity index (χ4v) is 5.19. The van der Waals surface area contributed by atoms with Crippen molar-refractivity contribution in [3.63, 3.8) is 0 Å². The van der Waals surface area contributed by atoms with Gasteiger partial charge in [-0.3, -0.25) is 9.59 Å². The van der Waals surface area contributed by atoms with Crippen LogP contribution in [0, 0.1) is 0 Å². The van der Waals surface area contributed by atoms with Crippen molar-refractivity contribution in [2.75, 3.05) is 19.0 Å². The highest BCUT2D eigenvalue weighted by molar-refractivity contribution is 7.16. The van der Waals surface area contributed by atoms with Gasteiger partial charge in [0.25, 0.3) is 5.91 Å². The minimum absolute atomic E-state index is 0.142. The van der Waals surface area contributed by atoms with Crippen LogP contribution in [0.15, 0.2) is 83.9 Å². The number of ether oxygens (including phenoxy) is 1. The summed E-state index contributed by atoms with van der Waals surface area (Å²) in [4.78, 5) is 35.0. The number of carbonyl (C=O) groups is 2. The molecular formula is C28H24N4O3S. The molecule has 1 N–H and O–H groups in total. The number of para-hydroxylation sites is 1. The van der Waals surface area contributed by atoms with Gasteiger partial charge in [-0.1, -0.05) is 59.9 Å². The number of anilines is 1. The first kappa shape index (κ1) is 23.6. The third kappa shape index (κ3) is 4.82. The summed E-state index contributed by atoms with van der Waals surface area (Å²) in [5.41, 5.74) is 4.49. The summed E-state index contributed by atoms with van der Waals surface area (Å²) in [6.45, 7) is 2.48. The molecule has 0 aliphatic heterocycles. The van der Waals surface area contributed by atoms with Crippen LogP contribution in [0.1, 0.15) is 17.3 Å². The van der Waals surface area contributed by atoms with E-state index in [4.69, 9.17) is 9.72 Å². The fraction of sp³-hybridized carbons (Fsp3) is 0.143. The molecule has 0 aliphatic rings. The van der Waals surface area contributed by atoms with Crippen molar-refractivity contribution in [2.45, 2.75) is 13.5 Å². The number of benzene rings is 3. The van der Waals surface area contributed by atoms with Gasteiger partial charge in [0, 0.05) is 37.2 Å². The van der Waals surface area contributed by atoms with E-state index in [1.165, 1.54) is 18.3 Å². The van der Waals surface area contributed by atoms with Crippen LogP contribution in [-0.4, -0.2) is 35.1 Å². The summed E-state index contributed by atoms with van der Waals surface area (Å²) >= 11 is 1.40. The average molecular weight is 497 g/mol. The number of nitrogens with one attached hydrogen (secondary N) is 1. The van der Waals surface area contributed by atoms with Crippen molar-refractivity contribution in [1.82, 2.24) is 9.55 Å². The molecule has 0 fully saturated rings. The summed E-state index contributed by atoms with van der Waals surface area (Å²) in [6, 6.07) is 24.9. The second-order valence-corrected chi connectivity index (χ2v) is 9.26. The van der Waals surface area contributed by atoms with Gasteiger partial charge in [0.05, 0.1) is 33.6 Å². The zero-order valence-electron chi connectivity index (χ0n) is 19.9. The number of aromatic nitrogens is 2. The van der Waals surface area contributed by atoms with Gasteiger partial charge in [-0.2, -0.15) is 4.99 Å². The van der Waals surface area contributed by atoms with Gasteiger partial charge >= 0.3 is 0 Å². The summed E-state index contributed by atoms with van der Waals surface area (Å²) in [7, 11) is 1.64. The Bertz CT molecular complexity index is 1650. The number of methoxy groups -OCH3 is 1. The van der Waals surface area contributed by atoms with Crippen molar-refractivity contribution in [3.8, 4) is 11.3 Å². The smallest absolute Gasteiger partial charge is 0.280 e. The highest BCUT2D eigenvalue weighted by Gasteiger charge is 2.15. The number of amides is 2. The number of hydrogen-bond acceptors (Lipinski definition) is 5. The molecule has 0 unspecified atom stereocenters. The number of thiazole rings is 1. The molecule has 2 heterocycles. The zero-order chi connectivity index (χ0) is 25.1. The van der Waals surface area contributed by atoms with E-state index < -0.39 is 0 Å². The van der Waals surface area contributed by atoms with Crippen LogP contribution in [-0.2, 0) is 16.1 Å². The number of carbonyl (C=O) groups excluding carboxylic acids is 2. The molecule has 0 aliphatic carbocycles. The number of nitrogens with zero attached hydrogens (tertiary/aromatic N) is 3. The summed E-state index contributed by atoms with van der Waals surface area (Å²) < 4.78 is 8.18. The van der Waals surface area contributed by atoms with Gasteiger partial charge in [-0.25, -0.2) is 4.98 Å². The first-order chi connectivity index (χ1) is 17.5.